The average molecular weight is 285 g/mol. The highest BCUT2D eigenvalue weighted by atomic mass is 32.2. The van der Waals surface area contributed by atoms with Gasteiger partial charge in [-0.1, -0.05) is 6.92 Å². The summed E-state index contributed by atoms with van der Waals surface area (Å²) in [4.78, 5) is 4.31. The predicted molar refractivity (Wildman–Crippen MR) is 72.4 cm³/mol. The molecular formula is C12H19N3O3S. The van der Waals surface area contributed by atoms with E-state index < -0.39 is 16.1 Å². The Morgan fingerprint density at radius 3 is 3.00 bits per heavy atom. The van der Waals surface area contributed by atoms with Crippen molar-refractivity contribution in [1.82, 2.24) is 9.29 Å². The van der Waals surface area contributed by atoms with Crippen LogP contribution in [0.5, 0.6) is 0 Å². The van der Waals surface area contributed by atoms with Gasteiger partial charge in [0.2, 0.25) is 10.0 Å². The van der Waals surface area contributed by atoms with Crippen molar-refractivity contribution in [2.24, 2.45) is 0 Å². The molecule has 1 unspecified atom stereocenters. The molecule has 1 saturated heterocycles. The predicted octanol–water partition coefficient (Wildman–Crippen LogP) is 0.659. The van der Waals surface area contributed by atoms with Gasteiger partial charge < -0.3 is 10.4 Å². The van der Waals surface area contributed by atoms with Crippen LogP contribution >= 0.6 is 0 Å². The molecule has 1 aliphatic heterocycles. The van der Waals surface area contributed by atoms with Crippen molar-refractivity contribution in [3.05, 3.63) is 18.3 Å². The lowest BCUT2D eigenvalue weighted by atomic mass is 10.3. The third kappa shape index (κ3) is 3.23. The summed E-state index contributed by atoms with van der Waals surface area (Å²) in [5.74, 6) is 0.558. The number of β-amino-alcohol motifs (C(OH)–C–C–N with tert-alkyl or cyclic N) is 1. The van der Waals surface area contributed by atoms with E-state index in [0.29, 0.717) is 18.8 Å². The molecular weight excluding hydrogens is 266 g/mol. The van der Waals surface area contributed by atoms with Gasteiger partial charge in [0.1, 0.15) is 5.82 Å². The minimum Gasteiger partial charge on any atom is -0.392 e. The lowest BCUT2D eigenvalue weighted by Gasteiger charge is -2.16. The van der Waals surface area contributed by atoms with Gasteiger partial charge in [-0.15, -0.1) is 0 Å². The highest BCUT2D eigenvalue weighted by molar-refractivity contribution is 7.89. The summed E-state index contributed by atoms with van der Waals surface area (Å²) in [6.45, 7) is 3.31. The molecule has 7 heteroatoms. The Kier molecular flexibility index (Phi) is 4.38. The van der Waals surface area contributed by atoms with Crippen LogP contribution in [0.1, 0.15) is 19.8 Å². The van der Waals surface area contributed by atoms with Crippen LogP contribution in [-0.2, 0) is 10.0 Å². The number of hydrogen-bond donors (Lipinski definition) is 2. The normalized spacial score (nSPS) is 20.6. The monoisotopic (exact) mass is 285 g/mol. The summed E-state index contributed by atoms with van der Waals surface area (Å²) >= 11 is 0. The molecule has 0 saturated carbocycles. The van der Waals surface area contributed by atoms with Gasteiger partial charge in [0.25, 0.3) is 0 Å². The minimum absolute atomic E-state index is 0.169. The van der Waals surface area contributed by atoms with Gasteiger partial charge in [-0.2, -0.15) is 4.31 Å². The number of nitrogens with one attached hydrogen (secondary N) is 1. The van der Waals surface area contributed by atoms with E-state index in [2.05, 4.69) is 10.3 Å². The molecule has 0 aliphatic carbocycles. The summed E-state index contributed by atoms with van der Waals surface area (Å²) in [5, 5.41) is 12.5. The third-order valence-electron chi connectivity index (χ3n) is 3.05. The van der Waals surface area contributed by atoms with Gasteiger partial charge in [0.05, 0.1) is 11.0 Å². The number of aliphatic hydroxyl groups is 1. The molecule has 1 aromatic rings. The van der Waals surface area contributed by atoms with E-state index >= 15 is 0 Å². The number of anilines is 1. The van der Waals surface area contributed by atoms with Crippen LogP contribution in [0.25, 0.3) is 0 Å². The van der Waals surface area contributed by atoms with E-state index in [1.54, 1.807) is 0 Å². The van der Waals surface area contributed by atoms with Crippen LogP contribution in [-0.4, -0.2) is 48.6 Å². The Morgan fingerprint density at radius 2 is 2.37 bits per heavy atom. The standard InChI is InChI=1S/C12H19N3O3S/c1-2-5-13-12-8-11(3-6-14-12)19(17,18)15-7-4-10(16)9-15/h3,6,8,10,16H,2,4-5,7,9H2,1H3,(H,13,14). The molecule has 1 aliphatic rings. The first-order valence-electron chi connectivity index (χ1n) is 6.42. The zero-order chi connectivity index (χ0) is 13.9. The Hall–Kier alpha value is -1.18. The van der Waals surface area contributed by atoms with Crippen molar-refractivity contribution >= 4 is 15.8 Å². The Morgan fingerprint density at radius 1 is 1.58 bits per heavy atom. The van der Waals surface area contributed by atoms with E-state index in [4.69, 9.17) is 0 Å². The molecule has 1 fully saturated rings. The minimum atomic E-state index is -3.53. The summed E-state index contributed by atoms with van der Waals surface area (Å²) in [5.41, 5.74) is 0. The second kappa shape index (κ2) is 5.85. The van der Waals surface area contributed by atoms with Crippen LogP contribution < -0.4 is 5.32 Å². The van der Waals surface area contributed by atoms with Gasteiger partial charge in [-0.3, -0.25) is 0 Å². The lowest BCUT2D eigenvalue weighted by molar-refractivity contribution is 0.189. The Bertz CT molecular complexity index is 533. The van der Waals surface area contributed by atoms with Gasteiger partial charge >= 0.3 is 0 Å². The molecule has 19 heavy (non-hydrogen) atoms. The Labute approximate surface area is 113 Å². The molecule has 0 bridgehead atoms. The summed E-state index contributed by atoms with van der Waals surface area (Å²) in [7, 11) is -3.53. The number of pyridine rings is 1. The van der Waals surface area contributed by atoms with Gasteiger partial charge in [-0.25, -0.2) is 13.4 Å². The fraction of sp³-hybridized carbons (Fsp3) is 0.583. The van der Waals surface area contributed by atoms with E-state index in [9.17, 15) is 13.5 Å². The number of nitrogens with zero attached hydrogens (tertiary/aromatic N) is 2. The smallest absolute Gasteiger partial charge is 0.243 e. The molecule has 2 rings (SSSR count). The van der Waals surface area contributed by atoms with E-state index in [0.717, 1.165) is 13.0 Å². The molecule has 1 atom stereocenters. The average Bonchev–Trinajstić information content (AvgIpc) is 2.84. The fourth-order valence-corrected chi connectivity index (χ4v) is 3.51. The van der Waals surface area contributed by atoms with E-state index in [1.807, 2.05) is 6.92 Å². The summed E-state index contributed by atoms with van der Waals surface area (Å²) in [6.07, 6.45) is 2.36. The number of aromatic nitrogens is 1. The van der Waals surface area contributed by atoms with Crippen molar-refractivity contribution in [1.29, 1.82) is 0 Å². The second-order valence-corrected chi connectivity index (χ2v) is 6.55. The topological polar surface area (TPSA) is 82.5 Å². The van der Waals surface area contributed by atoms with Crippen LogP contribution in [0.3, 0.4) is 0 Å². The van der Waals surface area contributed by atoms with Gasteiger partial charge in [-0.05, 0) is 18.9 Å². The third-order valence-corrected chi connectivity index (χ3v) is 4.91. The van der Waals surface area contributed by atoms with Crippen molar-refractivity contribution in [2.75, 3.05) is 25.0 Å². The number of sulfonamides is 1. The zero-order valence-electron chi connectivity index (χ0n) is 10.9. The highest BCUT2D eigenvalue weighted by Crippen LogP contribution is 2.22. The maximum Gasteiger partial charge on any atom is 0.243 e. The second-order valence-electron chi connectivity index (χ2n) is 4.61. The SMILES string of the molecule is CCCNc1cc(S(=O)(=O)N2CCC(O)C2)ccn1. The van der Waals surface area contributed by atoms with E-state index in [1.165, 1.54) is 22.6 Å². The van der Waals surface area contributed by atoms with Gasteiger partial charge in [0.15, 0.2) is 0 Å². The molecule has 0 amide bonds. The molecule has 0 aromatic carbocycles. The molecule has 106 valence electrons. The quantitative estimate of drug-likeness (QED) is 0.830. The van der Waals surface area contributed by atoms with Crippen molar-refractivity contribution in [2.45, 2.75) is 30.8 Å². The van der Waals surface area contributed by atoms with Crippen LogP contribution in [0.15, 0.2) is 23.2 Å². The fourth-order valence-electron chi connectivity index (χ4n) is 2.00. The first kappa shape index (κ1) is 14.2. The van der Waals surface area contributed by atoms with Crippen molar-refractivity contribution in [3.63, 3.8) is 0 Å². The summed E-state index contributed by atoms with van der Waals surface area (Å²) in [6, 6.07) is 3.02. The van der Waals surface area contributed by atoms with Crippen LogP contribution in [0.2, 0.25) is 0 Å². The molecule has 2 heterocycles. The maximum absolute atomic E-state index is 12.4. The van der Waals surface area contributed by atoms with E-state index in [-0.39, 0.29) is 11.4 Å². The maximum atomic E-state index is 12.4. The van der Waals surface area contributed by atoms with Crippen LogP contribution in [0.4, 0.5) is 5.82 Å². The Balaban J connectivity index is 2.20. The zero-order valence-corrected chi connectivity index (χ0v) is 11.7. The lowest BCUT2D eigenvalue weighted by Crippen LogP contribution is -2.29. The van der Waals surface area contributed by atoms with Crippen molar-refractivity contribution in [3.8, 4) is 0 Å². The molecule has 1 aromatic heterocycles. The summed E-state index contributed by atoms with van der Waals surface area (Å²) < 4.78 is 26.0. The number of hydrogen-bond acceptors (Lipinski definition) is 5. The number of rotatable bonds is 5. The number of aliphatic hydroxyl groups excluding tert-OH is 1. The first-order valence-corrected chi connectivity index (χ1v) is 7.86. The molecule has 6 nitrogen and oxygen atoms in total. The molecule has 2 N–H and O–H groups in total. The van der Waals surface area contributed by atoms with Crippen LogP contribution in [0, 0.1) is 0 Å². The van der Waals surface area contributed by atoms with Crippen molar-refractivity contribution < 1.29 is 13.5 Å². The van der Waals surface area contributed by atoms with Gasteiger partial charge in [0, 0.05) is 31.9 Å². The molecule has 0 spiro atoms. The highest BCUT2D eigenvalue weighted by Gasteiger charge is 2.31. The largest absolute Gasteiger partial charge is 0.392 e. The first-order chi connectivity index (χ1) is 9.04. The molecule has 0 radical (unpaired) electrons.